The molecule has 0 unspecified atom stereocenters. The van der Waals surface area contributed by atoms with E-state index in [-0.39, 0.29) is 18.4 Å². The summed E-state index contributed by atoms with van der Waals surface area (Å²) >= 11 is 0. The molecule has 1 fully saturated rings. The molecule has 0 spiro atoms. The van der Waals surface area contributed by atoms with Gasteiger partial charge in [-0.2, -0.15) is 4.98 Å². The van der Waals surface area contributed by atoms with E-state index in [9.17, 15) is 13.6 Å². The standard InChI is InChI=1S/C28H30F2N6O/c1-17(2)25-24(27(37)32-14-18-10-11-22(29)23(30)13-18)21-15-33-28(34-19-7-3-4-8-19)35-26(21)36(25)16-20-9-5-6-12-31-20/h5-6,9-13,15,17,19H,3-4,7-8,14,16H2,1-2H3,(H,32,37)(H,33,34,35). The molecule has 0 saturated heterocycles. The van der Waals surface area contributed by atoms with Crippen molar-refractivity contribution in [3.05, 3.63) is 82.9 Å². The number of carbonyl (C=O) groups is 1. The lowest BCUT2D eigenvalue weighted by atomic mass is 10.0. The highest BCUT2D eigenvalue weighted by Gasteiger charge is 2.27. The smallest absolute Gasteiger partial charge is 0.254 e. The SMILES string of the molecule is CC(C)c1c(C(=O)NCc2ccc(F)c(F)c2)c2cnc(NC3CCCC3)nc2n1Cc1ccccn1. The van der Waals surface area contributed by atoms with Gasteiger partial charge in [0.25, 0.3) is 5.91 Å². The van der Waals surface area contributed by atoms with Gasteiger partial charge in [0.2, 0.25) is 5.95 Å². The lowest BCUT2D eigenvalue weighted by molar-refractivity contribution is 0.0951. The van der Waals surface area contributed by atoms with Crippen molar-refractivity contribution < 1.29 is 13.6 Å². The Morgan fingerprint density at radius 3 is 2.62 bits per heavy atom. The molecule has 3 aromatic heterocycles. The quantitative estimate of drug-likeness (QED) is 0.328. The Kier molecular flexibility index (Phi) is 7.12. The average molecular weight is 505 g/mol. The van der Waals surface area contributed by atoms with Gasteiger partial charge in [-0.15, -0.1) is 0 Å². The molecule has 0 aliphatic heterocycles. The number of carbonyl (C=O) groups excluding carboxylic acids is 1. The molecule has 1 amide bonds. The molecule has 0 bridgehead atoms. The van der Waals surface area contributed by atoms with Gasteiger partial charge in [0.1, 0.15) is 5.65 Å². The van der Waals surface area contributed by atoms with Crippen molar-refractivity contribution >= 4 is 22.9 Å². The topological polar surface area (TPSA) is 84.7 Å². The fraction of sp³-hybridized carbons (Fsp3) is 0.357. The summed E-state index contributed by atoms with van der Waals surface area (Å²) in [6.45, 7) is 4.56. The van der Waals surface area contributed by atoms with Crippen LogP contribution in [0.2, 0.25) is 0 Å². The lowest BCUT2D eigenvalue weighted by Gasteiger charge is -2.15. The van der Waals surface area contributed by atoms with Gasteiger partial charge in [0.05, 0.1) is 23.2 Å². The highest BCUT2D eigenvalue weighted by molar-refractivity contribution is 6.07. The maximum absolute atomic E-state index is 13.7. The molecule has 4 aromatic rings. The van der Waals surface area contributed by atoms with Gasteiger partial charge in [-0.05, 0) is 48.6 Å². The number of fused-ring (bicyclic) bond motifs is 1. The van der Waals surface area contributed by atoms with Gasteiger partial charge >= 0.3 is 0 Å². The summed E-state index contributed by atoms with van der Waals surface area (Å²) in [5.74, 6) is -1.65. The van der Waals surface area contributed by atoms with Crippen molar-refractivity contribution in [1.29, 1.82) is 0 Å². The number of hydrogen-bond donors (Lipinski definition) is 2. The molecular formula is C28H30F2N6O. The lowest BCUT2D eigenvalue weighted by Crippen LogP contribution is -2.24. The molecule has 7 nitrogen and oxygen atoms in total. The van der Waals surface area contributed by atoms with Gasteiger partial charge in [0, 0.05) is 30.7 Å². The molecule has 1 saturated carbocycles. The van der Waals surface area contributed by atoms with E-state index < -0.39 is 11.6 Å². The first-order valence-electron chi connectivity index (χ1n) is 12.7. The Hall–Kier alpha value is -3.88. The number of anilines is 1. The summed E-state index contributed by atoms with van der Waals surface area (Å²) in [5, 5.41) is 6.96. The number of nitrogens with one attached hydrogen (secondary N) is 2. The summed E-state index contributed by atoms with van der Waals surface area (Å²) in [6.07, 6.45) is 8.00. The molecule has 0 atom stereocenters. The van der Waals surface area contributed by atoms with Gasteiger partial charge in [-0.1, -0.05) is 38.8 Å². The minimum Gasteiger partial charge on any atom is -0.351 e. The van der Waals surface area contributed by atoms with Crippen LogP contribution in [0.15, 0.2) is 48.8 Å². The first-order valence-corrected chi connectivity index (χ1v) is 12.7. The van der Waals surface area contributed by atoms with Crippen molar-refractivity contribution in [2.24, 2.45) is 0 Å². The number of halogens is 2. The third-order valence-electron chi connectivity index (χ3n) is 6.79. The fourth-order valence-corrected chi connectivity index (χ4v) is 5.04. The second kappa shape index (κ2) is 10.6. The number of nitrogens with zero attached hydrogens (tertiary/aromatic N) is 4. The summed E-state index contributed by atoms with van der Waals surface area (Å²) < 4.78 is 29.0. The molecule has 1 aromatic carbocycles. The molecule has 1 aliphatic rings. The van der Waals surface area contributed by atoms with E-state index >= 15 is 0 Å². The molecule has 1 aliphatic carbocycles. The molecule has 0 radical (unpaired) electrons. The molecule has 5 rings (SSSR count). The van der Waals surface area contributed by atoms with Crippen LogP contribution >= 0.6 is 0 Å². The van der Waals surface area contributed by atoms with Gasteiger partial charge in [0.15, 0.2) is 11.6 Å². The maximum Gasteiger partial charge on any atom is 0.254 e. The normalized spacial score (nSPS) is 14.0. The highest BCUT2D eigenvalue weighted by Crippen LogP contribution is 2.32. The van der Waals surface area contributed by atoms with Crippen LogP contribution in [0.5, 0.6) is 0 Å². The van der Waals surface area contributed by atoms with E-state index in [0.29, 0.717) is 40.7 Å². The monoisotopic (exact) mass is 504 g/mol. The van der Waals surface area contributed by atoms with Gasteiger partial charge in [-0.25, -0.2) is 13.8 Å². The van der Waals surface area contributed by atoms with Gasteiger partial charge < -0.3 is 15.2 Å². The van der Waals surface area contributed by atoms with Crippen LogP contribution in [0.3, 0.4) is 0 Å². The van der Waals surface area contributed by atoms with E-state index in [1.807, 2.05) is 36.6 Å². The first kappa shape index (κ1) is 24.8. The highest BCUT2D eigenvalue weighted by atomic mass is 19.2. The minimum absolute atomic E-state index is 0.00632. The number of pyridine rings is 1. The van der Waals surface area contributed by atoms with Crippen molar-refractivity contribution in [2.75, 3.05) is 5.32 Å². The Morgan fingerprint density at radius 1 is 1.11 bits per heavy atom. The van der Waals surface area contributed by atoms with Crippen LogP contribution in [0.25, 0.3) is 11.0 Å². The van der Waals surface area contributed by atoms with Crippen LogP contribution < -0.4 is 10.6 Å². The van der Waals surface area contributed by atoms with Crippen molar-refractivity contribution in [3.8, 4) is 0 Å². The predicted octanol–water partition coefficient (Wildman–Crippen LogP) is 5.56. The Morgan fingerprint density at radius 2 is 1.92 bits per heavy atom. The van der Waals surface area contributed by atoms with E-state index in [1.165, 1.54) is 18.9 Å². The second-order valence-electron chi connectivity index (χ2n) is 9.81. The van der Waals surface area contributed by atoms with E-state index in [2.05, 4.69) is 20.6 Å². The van der Waals surface area contributed by atoms with Crippen LogP contribution in [0.1, 0.15) is 72.8 Å². The Labute approximate surface area is 214 Å². The largest absolute Gasteiger partial charge is 0.351 e. The molecule has 192 valence electrons. The molecular weight excluding hydrogens is 474 g/mol. The van der Waals surface area contributed by atoms with Crippen molar-refractivity contribution in [1.82, 2.24) is 24.8 Å². The average Bonchev–Trinajstić information content (AvgIpc) is 3.51. The zero-order valence-corrected chi connectivity index (χ0v) is 21.0. The van der Waals surface area contributed by atoms with Crippen LogP contribution in [-0.2, 0) is 13.1 Å². The van der Waals surface area contributed by atoms with Crippen LogP contribution in [-0.4, -0.2) is 31.5 Å². The van der Waals surface area contributed by atoms with E-state index in [4.69, 9.17) is 4.98 Å². The molecule has 3 heterocycles. The molecule has 2 N–H and O–H groups in total. The maximum atomic E-state index is 13.7. The number of aromatic nitrogens is 4. The Bertz CT molecular complexity index is 1410. The number of rotatable bonds is 8. The third kappa shape index (κ3) is 5.30. The van der Waals surface area contributed by atoms with E-state index in [1.54, 1.807) is 12.4 Å². The summed E-state index contributed by atoms with van der Waals surface area (Å²) in [7, 11) is 0. The first-order chi connectivity index (χ1) is 17.9. The zero-order valence-electron chi connectivity index (χ0n) is 21.0. The number of amides is 1. The Balaban J connectivity index is 1.55. The van der Waals surface area contributed by atoms with Crippen molar-refractivity contribution in [3.63, 3.8) is 0 Å². The van der Waals surface area contributed by atoms with Gasteiger partial charge in [-0.3, -0.25) is 9.78 Å². The second-order valence-corrected chi connectivity index (χ2v) is 9.81. The third-order valence-corrected chi connectivity index (χ3v) is 6.79. The summed E-state index contributed by atoms with van der Waals surface area (Å²) in [5.41, 5.74) is 3.27. The van der Waals surface area contributed by atoms with Crippen LogP contribution in [0.4, 0.5) is 14.7 Å². The zero-order chi connectivity index (χ0) is 25.9. The molecule has 37 heavy (non-hydrogen) atoms. The van der Waals surface area contributed by atoms with E-state index in [0.717, 1.165) is 36.4 Å². The predicted molar refractivity (Wildman–Crippen MR) is 138 cm³/mol. The number of benzene rings is 1. The summed E-state index contributed by atoms with van der Waals surface area (Å²) in [4.78, 5) is 27.5. The summed E-state index contributed by atoms with van der Waals surface area (Å²) in [6, 6.07) is 9.69. The van der Waals surface area contributed by atoms with Crippen molar-refractivity contribution in [2.45, 2.75) is 64.6 Å². The number of hydrogen-bond acceptors (Lipinski definition) is 5. The fourth-order valence-electron chi connectivity index (χ4n) is 5.04. The van der Waals surface area contributed by atoms with Crippen LogP contribution in [0, 0.1) is 11.6 Å². The minimum atomic E-state index is -0.947. The molecule has 9 heteroatoms.